The van der Waals surface area contributed by atoms with Crippen LogP contribution in [0.15, 0.2) is 0 Å². The molecule has 0 amide bonds. The van der Waals surface area contributed by atoms with Gasteiger partial charge in [0.05, 0.1) is 19.1 Å². The zero-order chi connectivity index (χ0) is 11.1. The standard InChI is InChI=1S/C11H21NO3.2ClH/c1-2-3-4-10(11(13)14)9-12-5-7-15-8-6-12;;/h10H,2-9H2,1H3,(H,13,14);2*1H. The molecule has 1 atom stereocenters. The van der Waals surface area contributed by atoms with Gasteiger partial charge in [0.2, 0.25) is 0 Å². The van der Waals surface area contributed by atoms with E-state index >= 15 is 0 Å². The number of nitrogens with zero attached hydrogens (tertiary/aromatic N) is 1. The molecule has 0 aromatic heterocycles. The first-order valence-electron chi connectivity index (χ1n) is 5.77. The first kappa shape index (κ1) is 19.3. The lowest BCUT2D eigenvalue weighted by Gasteiger charge is -2.28. The minimum Gasteiger partial charge on any atom is -0.481 e. The summed E-state index contributed by atoms with van der Waals surface area (Å²) in [6, 6.07) is 0. The molecule has 0 radical (unpaired) electrons. The van der Waals surface area contributed by atoms with Gasteiger partial charge < -0.3 is 9.84 Å². The average Bonchev–Trinajstić information content (AvgIpc) is 2.25. The highest BCUT2D eigenvalue weighted by Crippen LogP contribution is 2.12. The number of hydrogen-bond donors (Lipinski definition) is 1. The summed E-state index contributed by atoms with van der Waals surface area (Å²) >= 11 is 0. The Morgan fingerprint density at radius 1 is 1.35 bits per heavy atom. The van der Waals surface area contributed by atoms with Crippen LogP contribution in [0.1, 0.15) is 26.2 Å². The normalized spacial score (nSPS) is 17.7. The Morgan fingerprint density at radius 3 is 2.41 bits per heavy atom. The van der Waals surface area contributed by atoms with Crippen molar-refractivity contribution in [2.24, 2.45) is 5.92 Å². The van der Waals surface area contributed by atoms with E-state index in [0.717, 1.165) is 45.6 Å². The second kappa shape index (κ2) is 11.1. The number of hydrogen-bond acceptors (Lipinski definition) is 3. The van der Waals surface area contributed by atoms with Gasteiger partial charge in [0.25, 0.3) is 0 Å². The van der Waals surface area contributed by atoms with Gasteiger partial charge in [0.1, 0.15) is 0 Å². The molecule has 6 heteroatoms. The maximum absolute atomic E-state index is 11.0. The molecular formula is C11H23Cl2NO3. The van der Waals surface area contributed by atoms with Crippen molar-refractivity contribution in [2.45, 2.75) is 26.2 Å². The Labute approximate surface area is 116 Å². The lowest BCUT2D eigenvalue weighted by molar-refractivity contribution is -0.143. The van der Waals surface area contributed by atoms with Crippen LogP contribution in [0.5, 0.6) is 0 Å². The molecule has 17 heavy (non-hydrogen) atoms. The van der Waals surface area contributed by atoms with E-state index in [1.807, 2.05) is 0 Å². The lowest BCUT2D eigenvalue weighted by Crippen LogP contribution is -2.41. The largest absolute Gasteiger partial charge is 0.481 e. The van der Waals surface area contributed by atoms with E-state index < -0.39 is 5.97 Å². The van der Waals surface area contributed by atoms with Crippen LogP contribution in [0, 0.1) is 5.92 Å². The Hall–Kier alpha value is -0.0300. The molecule has 0 aromatic rings. The molecule has 1 fully saturated rings. The van der Waals surface area contributed by atoms with Crippen molar-refractivity contribution in [1.29, 1.82) is 0 Å². The molecule has 1 N–H and O–H groups in total. The topological polar surface area (TPSA) is 49.8 Å². The van der Waals surface area contributed by atoms with Crippen LogP contribution in [-0.4, -0.2) is 48.8 Å². The van der Waals surface area contributed by atoms with Gasteiger partial charge in [-0.05, 0) is 6.42 Å². The molecule has 0 aliphatic carbocycles. The summed E-state index contributed by atoms with van der Waals surface area (Å²) in [5, 5.41) is 9.07. The number of carboxylic acids is 1. The molecule has 0 bridgehead atoms. The minimum atomic E-state index is -0.657. The molecule has 1 saturated heterocycles. The number of morpholine rings is 1. The molecule has 0 saturated carbocycles. The van der Waals surface area contributed by atoms with Crippen LogP contribution in [0.2, 0.25) is 0 Å². The van der Waals surface area contributed by atoms with Crippen molar-refractivity contribution in [2.75, 3.05) is 32.8 Å². The summed E-state index contributed by atoms with van der Waals surface area (Å²) in [5.41, 5.74) is 0. The van der Waals surface area contributed by atoms with Crippen molar-refractivity contribution in [3.8, 4) is 0 Å². The molecular weight excluding hydrogens is 265 g/mol. The molecule has 1 heterocycles. The highest BCUT2D eigenvalue weighted by Gasteiger charge is 2.21. The van der Waals surface area contributed by atoms with Crippen LogP contribution in [0.25, 0.3) is 0 Å². The van der Waals surface area contributed by atoms with Gasteiger partial charge in [-0.25, -0.2) is 0 Å². The summed E-state index contributed by atoms with van der Waals surface area (Å²) in [6.45, 7) is 5.98. The maximum atomic E-state index is 11.0. The van der Waals surface area contributed by atoms with Gasteiger partial charge in [0.15, 0.2) is 0 Å². The molecule has 0 spiro atoms. The van der Waals surface area contributed by atoms with E-state index in [1.165, 1.54) is 0 Å². The number of halogens is 2. The second-order valence-electron chi connectivity index (χ2n) is 4.09. The average molecular weight is 288 g/mol. The Morgan fingerprint density at radius 2 is 1.94 bits per heavy atom. The first-order chi connectivity index (χ1) is 7.24. The van der Waals surface area contributed by atoms with Gasteiger partial charge in [0, 0.05) is 19.6 Å². The summed E-state index contributed by atoms with van der Waals surface area (Å²) in [5.74, 6) is -0.863. The fourth-order valence-corrected chi connectivity index (χ4v) is 1.84. The first-order valence-corrected chi connectivity index (χ1v) is 5.77. The third-order valence-corrected chi connectivity index (χ3v) is 2.84. The van der Waals surface area contributed by atoms with Crippen LogP contribution in [0.4, 0.5) is 0 Å². The zero-order valence-electron chi connectivity index (χ0n) is 10.3. The molecule has 1 unspecified atom stereocenters. The predicted molar refractivity (Wildman–Crippen MR) is 72.4 cm³/mol. The summed E-state index contributed by atoms with van der Waals surface area (Å²) in [7, 11) is 0. The van der Waals surface area contributed by atoms with Crippen molar-refractivity contribution >= 4 is 30.8 Å². The Bertz CT molecular complexity index is 199. The fraction of sp³-hybridized carbons (Fsp3) is 0.909. The number of rotatable bonds is 6. The molecule has 1 aliphatic heterocycles. The van der Waals surface area contributed by atoms with Crippen molar-refractivity contribution in [3.63, 3.8) is 0 Å². The van der Waals surface area contributed by atoms with E-state index in [9.17, 15) is 4.79 Å². The quantitative estimate of drug-likeness (QED) is 0.812. The number of carbonyl (C=O) groups is 1. The number of carboxylic acid groups (broad SMARTS) is 1. The smallest absolute Gasteiger partial charge is 0.307 e. The second-order valence-corrected chi connectivity index (χ2v) is 4.09. The monoisotopic (exact) mass is 287 g/mol. The summed E-state index contributed by atoms with van der Waals surface area (Å²) in [6.07, 6.45) is 2.86. The van der Waals surface area contributed by atoms with E-state index in [2.05, 4.69) is 11.8 Å². The summed E-state index contributed by atoms with van der Waals surface area (Å²) in [4.78, 5) is 13.2. The van der Waals surface area contributed by atoms with E-state index in [1.54, 1.807) is 0 Å². The highest BCUT2D eigenvalue weighted by molar-refractivity contribution is 5.85. The minimum absolute atomic E-state index is 0. The van der Waals surface area contributed by atoms with Gasteiger partial charge in [-0.1, -0.05) is 19.8 Å². The highest BCUT2D eigenvalue weighted by atomic mass is 35.5. The van der Waals surface area contributed by atoms with Crippen LogP contribution >= 0.6 is 24.8 Å². The van der Waals surface area contributed by atoms with Gasteiger partial charge in [-0.2, -0.15) is 0 Å². The summed E-state index contributed by atoms with van der Waals surface area (Å²) < 4.78 is 5.23. The molecule has 1 rings (SSSR count). The van der Waals surface area contributed by atoms with Crippen molar-refractivity contribution < 1.29 is 14.6 Å². The molecule has 1 aliphatic rings. The van der Waals surface area contributed by atoms with E-state index in [-0.39, 0.29) is 30.7 Å². The lowest BCUT2D eigenvalue weighted by atomic mass is 10.0. The zero-order valence-corrected chi connectivity index (χ0v) is 11.9. The third kappa shape index (κ3) is 7.82. The van der Waals surface area contributed by atoms with E-state index in [4.69, 9.17) is 9.84 Å². The molecule has 4 nitrogen and oxygen atoms in total. The maximum Gasteiger partial charge on any atom is 0.307 e. The Kier molecular flexibility index (Phi) is 12.6. The third-order valence-electron chi connectivity index (χ3n) is 2.84. The number of ether oxygens (including phenoxy) is 1. The molecule has 0 aromatic carbocycles. The Balaban J connectivity index is 0. The number of unbranched alkanes of at least 4 members (excludes halogenated alkanes) is 1. The van der Waals surface area contributed by atoms with Crippen LogP contribution < -0.4 is 0 Å². The SMILES string of the molecule is CCCCC(CN1CCOCC1)C(=O)O.Cl.Cl. The van der Waals surface area contributed by atoms with Crippen molar-refractivity contribution in [3.05, 3.63) is 0 Å². The van der Waals surface area contributed by atoms with Crippen LogP contribution in [-0.2, 0) is 9.53 Å². The van der Waals surface area contributed by atoms with Gasteiger partial charge >= 0.3 is 5.97 Å². The van der Waals surface area contributed by atoms with Crippen molar-refractivity contribution in [1.82, 2.24) is 4.90 Å². The van der Waals surface area contributed by atoms with Gasteiger partial charge in [-0.15, -0.1) is 24.8 Å². The molecule has 104 valence electrons. The van der Waals surface area contributed by atoms with Gasteiger partial charge in [-0.3, -0.25) is 9.69 Å². The van der Waals surface area contributed by atoms with E-state index in [0.29, 0.717) is 6.54 Å². The fourth-order valence-electron chi connectivity index (χ4n) is 1.84. The number of aliphatic carboxylic acids is 1. The van der Waals surface area contributed by atoms with Crippen LogP contribution in [0.3, 0.4) is 0 Å². The predicted octanol–water partition coefficient (Wildman–Crippen LogP) is 2.05.